The van der Waals surface area contributed by atoms with E-state index in [-0.39, 0.29) is 5.91 Å². The summed E-state index contributed by atoms with van der Waals surface area (Å²) in [5, 5.41) is 6.14. The third-order valence-corrected chi connectivity index (χ3v) is 3.49. The first-order chi connectivity index (χ1) is 12.1. The lowest BCUT2D eigenvalue weighted by atomic mass is 10.2. The Hall–Kier alpha value is -2.47. The minimum Gasteiger partial charge on any atom is -0.385 e. The van der Waals surface area contributed by atoms with Crippen molar-refractivity contribution < 1.29 is 9.53 Å². The number of carbonyl (C=O) groups excluding carboxylic acids is 1. The monoisotopic (exact) mass is 342 g/mol. The molecule has 0 saturated carbocycles. The number of benzene rings is 1. The van der Waals surface area contributed by atoms with Gasteiger partial charge in [0.1, 0.15) is 11.5 Å². The second-order valence-electron chi connectivity index (χ2n) is 6.21. The van der Waals surface area contributed by atoms with Crippen molar-refractivity contribution in [2.75, 3.05) is 32.1 Å². The molecule has 134 valence electrons. The number of nitrogens with one attached hydrogen (secondary N) is 2. The van der Waals surface area contributed by atoms with Crippen LogP contribution in [0.5, 0.6) is 0 Å². The number of methoxy groups -OCH3 is 1. The molecule has 25 heavy (non-hydrogen) atoms. The number of hydrogen-bond acceptors (Lipinski definition) is 5. The third-order valence-electron chi connectivity index (χ3n) is 3.49. The van der Waals surface area contributed by atoms with Gasteiger partial charge in [-0.25, -0.2) is 9.97 Å². The first-order valence-corrected chi connectivity index (χ1v) is 8.55. The number of amides is 1. The Morgan fingerprint density at radius 2 is 1.96 bits per heavy atom. The van der Waals surface area contributed by atoms with Crippen LogP contribution in [0.3, 0.4) is 0 Å². The molecule has 0 aliphatic heterocycles. The van der Waals surface area contributed by atoms with E-state index in [0.29, 0.717) is 36.4 Å². The van der Waals surface area contributed by atoms with Gasteiger partial charge in [-0.05, 0) is 12.3 Å². The van der Waals surface area contributed by atoms with Crippen LogP contribution in [-0.2, 0) is 4.74 Å². The first kappa shape index (κ1) is 18.9. The van der Waals surface area contributed by atoms with Crippen LogP contribution < -0.4 is 10.6 Å². The summed E-state index contributed by atoms with van der Waals surface area (Å²) in [4.78, 5) is 21.4. The van der Waals surface area contributed by atoms with Gasteiger partial charge in [0.25, 0.3) is 5.91 Å². The highest BCUT2D eigenvalue weighted by molar-refractivity contribution is 5.93. The highest BCUT2D eigenvalue weighted by atomic mass is 16.5. The first-order valence-electron chi connectivity index (χ1n) is 8.55. The molecular formula is C19H26N4O2. The third kappa shape index (κ3) is 6.15. The second kappa shape index (κ2) is 9.74. The summed E-state index contributed by atoms with van der Waals surface area (Å²) in [7, 11) is 1.64. The van der Waals surface area contributed by atoms with Crippen LogP contribution in [-0.4, -0.2) is 42.7 Å². The Morgan fingerprint density at radius 3 is 2.64 bits per heavy atom. The van der Waals surface area contributed by atoms with Crippen LogP contribution in [0.1, 0.15) is 30.8 Å². The van der Waals surface area contributed by atoms with Crippen LogP contribution in [0, 0.1) is 5.92 Å². The maximum absolute atomic E-state index is 12.4. The van der Waals surface area contributed by atoms with E-state index in [0.717, 1.165) is 18.5 Å². The molecule has 6 nitrogen and oxygen atoms in total. The number of rotatable bonds is 9. The van der Waals surface area contributed by atoms with Crippen molar-refractivity contribution in [3.05, 3.63) is 42.1 Å². The lowest BCUT2D eigenvalue weighted by Gasteiger charge is -2.12. The summed E-state index contributed by atoms with van der Waals surface area (Å²) in [6, 6.07) is 11.4. The largest absolute Gasteiger partial charge is 0.385 e. The topological polar surface area (TPSA) is 76.1 Å². The van der Waals surface area contributed by atoms with Crippen molar-refractivity contribution in [2.24, 2.45) is 5.92 Å². The predicted octanol–water partition coefficient (Wildman–Crippen LogP) is 2.98. The molecular weight excluding hydrogens is 316 g/mol. The molecule has 0 saturated heterocycles. The van der Waals surface area contributed by atoms with Gasteiger partial charge in [-0.1, -0.05) is 44.2 Å². The van der Waals surface area contributed by atoms with Gasteiger partial charge in [-0.15, -0.1) is 0 Å². The van der Waals surface area contributed by atoms with Crippen molar-refractivity contribution in [3.63, 3.8) is 0 Å². The summed E-state index contributed by atoms with van der Waals surface area (Å²) in [6.45, 7) is 6.18. The van der Waals surface area contributed by atoms with Gasteiger partial charge in [0.2, 0.25) is 0 Å². The van der Waals surface area contributed by atoms with Gasteiger partial charge in [-0.2, -0.15) is 0 Å². The van der Waals surface area contributed by atoms with Crippen LogP contribution in [0.4, 0.5) is 5.82 Å². The second-order valence-corrected chi connectivity index (χ2v) is 6.21. The van der Waals surface area contributed by atoms with Crippen molar-refractivity contribution in [2.45, 2.75) is 20.3 Å². The Kier molecular flexibility index (Phi) is 7.35. The highest BCUT2D eigenvalue weighted by Gasteiger charge is 2.13. The summed E-state index contributed by atoms with van der Waals surface area (Å²) >= 11 is 0. The molecule has 0 spiro atoms. The van der Waals surface area contributed by atoms with Gasteiger partial charge >= 0.3 is 0 Å². The van der Waals surface area contributed by atoms with Crippen LogP contribution in [0.2, 0.25) is 0 Å². The number of hydrogen-bond donors (Lipinski definition) is 2. The van der Waals surface area contributed by atoms with Crippen molar-refractivity contribution >= 4 is 11.7 Å². The average Bonchev–Trinajstić information content (AvgIpc) is 2.64. The zero-order valence-electron chi connectivity index (χ0n) is 15.1. The Labute approximate surface area is 149 Å². The SMILES string of the molecule is COCCCNC(=O)c1cc(NCC(C)C)nc(-c2ccccc2)n1. The van der Waals surface area contributed by atoms with Gasteiger partial charge < -0.3 is 15.4 Å². The molecule has 0 fully saturated rings. The summed E-state index contributed by atoms with van der Waals surface area (Å²) in [5.74, 6) is 1.46. The lowest BCUT2D eigenvalue weighted by Crippen LogP contribution is -2.26. The maximum atomic E-state index is 12.4. The molecule has 2 rings (SSSR count). The summed E-state index contributed by atoms with van der Waals surface area (Å²) < 4.78 is 4.99. The molecule has 0 unspecified atom stereocenters. The van der Waals surface area contributed by atoms with E-state index < -0.39 is 0 Å². The fourth-order valence-electron chi connectivity index (χ4n) is 2.19. The molecule has 0 bridgehead atoms. The van der Waals surface area contributed by atoms with Crippen molar-refractivity contribution in [1.29, 1.82) is 0 Å². The number of nitrogens with zero attached hydrogens (tertiary/aromatic N) is 2. The highest BCUT2D eigenvalue weighted by Crippen LogP contribution is 2.18. The van der Waals surface area contributed by atoms with Gasteiger partial charge in [-0.3, -0.25) is 4.79 Å². The molecule has 2 aromatic rings. The molecule has 1 aromatic heterocycles. The fraction of sp³-hybridized carbons (Fsp3) is 0.421. The Bertz CT molecular complexity index is 674. The minimum atomic E-state index is -0.205. The van der Waals surface area contributed by atoms with Gasteiger partial charge in [0.05, 0.1) is 0 Å². The quantitative estimate of drug-likeness (QED) is 0.685. The fourth-order valence-corrected chi connectivity index (χ4v) is 2.19. The molecule has 1 heterocycles. The van der Waals surface area contributed by atoms with E-state index in [1.165, 1.54) is 0 Å². The molecule has 0 radical (unpaired) electrons. The molecule has 2 N–H and O–H groups in total. The van der Waals surface area contributed by atoms with Crippen molar-refractivity contribution in [1.82, 2.24) is 15.3 Å². The molecule has 1 amide bonds. The molecule has 0 atom stereocenters. The van der Waals surface area contributed by atoms with E-state index >= 15 is 0 Å². The summed E-state index contributed by atoms with van der Waals surface area (Å²) in [5.41, 5.74) is 1.24. The van der Waals surface area contributed by atoms with E-state index in [9.17, 15) is 4.79 Å². The number of aromatic nitrogens is 2. The van der Waals surface area contributed by atoms with Crippen LogP contribution >= 0.6 is 0 Å². The van der Waals surface area contributed by atoms with Gasteiger partial charge in [0.15, 0.2) is 5.82 Å². The van der Waals surface area contributed by atoms with Crippen molar-refractivity contribution in [3.8, 4) is 11.4 Å². The normalized spacial score (nSPS) is 10.7. The summed E-state index contributed by atoms with van der Waals surface area (Å²) in [6.07, 6.45) is 0.761. The number of ether oxygens (including phenoxy) is 1. The van der Waals surface area contributed by atoms with E-state index in [2.05, 4.69) is 34.4 Å². The molecule has 6 heteroatoms. The van der Waals surface area contributed by atoms with E-state index in [4.69, 9.17) is 4.74 Å². The zero-order valence-corrected chi connectivity index (χ0v) is 15.1. The Morgan fingerprint density at radius 1 is 1.20 bits per heavy atom. The lowest BCUT2D eigenvalue weighted by molar-refractivity contribution is 0.0943. The molecule has 0 aliphatic rings. The maximum Gasteiger partial charge on any atom is 0.270 e. The molecule has 0 aliphatic carbocycles. The predicted molar refractivity (Wildman–Crippen MR) is 99.6 cm³/mol. The van der Waals surface area contributed by atoms with Gasteiger partial charge in [0, 0.05) is 38.4 Å². The number of anilines is 1. The van der Waals surface area contributed by atoms with E-state index in [1.807, 2.05) is 30.3 Å². The average molecular weight is 342 g/mol. The Balaban J connectivity index is 2.21. The smallest absolute Gasteiger partial charge is 0.270 e. The standard InChI is InChI=1S/C19H26N4O2/c1-14(2)13-21-17-12-16(19(24)20-10-7-11-25-3)22-18(23-17)15-8-5-4-6-9-15/h4-6,8-9,12,14H,7,10-11,13H2,1-3H3,(H,20,24)(H,21,22,23). The van der Waals surface area contributed by atoms with Crippen LogP contribution in [0.15, 0.2) is 36.4 Å². The number of carbonyl (C=O) groups is 1. The van der Waals surface area contributed by atoms with Crippen LogP contribution in [0.25, 0.3) is 11.4 Å². The minimum absolute atomic E-state index is 0.205. The zero-order chi connectivity index (χ0) is 18.1. The van der Waals surface area contributed by atoms with E-state index in [1.54, 1.807) is 13.2 Å². The molecule has 1 aromatic carbocycles.